The van der Waals surface area contributed by atoms with Crippen molar-refractivity contribution in [2.45, 2.75) is 6.92 Å². The molecule has 3 rings (SSSR count). The molecule has 4 nitrogen and oxygen atoms in total. The molecule has 0 atom stereocenters. The lowest BCUT2D eigenvalue weighted by Crippen LogP contribution is -1.88. The summed E-state index contributed by atoms with van der Waals surface area (Å²) in [6.07, 6.45) is 0. The first-order valence-electron chi connectivity index (χ1n) is 5.99. The second kappa shape index (κ2) is 4.57. The highest BCUT2D eigenvalue weighted by atomic mass is 16.4. The van der Waals surface area contributed by atoms with Crippen LogP contribution in [-0.2, 0) is 0 Å². The minimum absolute atomic E-state index is 0.511. The monoisotopic (exact) mass is 251 g/mol. The molecule has 0 fully saturated rings. The number of nitrogens with two attached hydrogens (primary N) is 1. The van der Waals surface area contributed by atoms with E-state index in [-0.39, 0.29) is 0 Å². The largest absolute Gasteiger partial charge is 0.416 e. The molecule has 0 bridgehead atoms. The number of hydrogen-bond donors (Lipinski definition) is 1. The normalized spacial score (nSPS) is 10.6. The average molecular weight is 251 g/mol. The molecule has 0 unspecified atom stereocenters. The van der Waals surface area contributed by atoms with E-state index in [1.54, 1.807) is 0 Å². The fourth-order valence-electron chi connectivity index (χ4n) is 1.96. The second-order valence-corrected chi connectivity index (χ2v) is 4.35. The third kappa shape index (κ3) is 2.20. The Kier molecular flexibility index (Phi) is 2.76. The van der Waals surface area contributed by atoms with Crippen molar-refractivity contribution in [3.8, 4) is 22.9 Å². The Labute approximate surface area is 110 Å². The number of aryl methyl sites for hydroxylation is 1. The summed E-state index contributed by atoms with van der Waals surface area (Å²) in [7, 11) is 0. The molecule has 19 heavy (non-hydrogen) atoms. The quantitative estimate of drug-likeness (QED) is 0.710. The Morgan fingerprint density at radius 3 is 2.42 bits per heavy atom. The summed E-state index contributed by atoms with van der Waals surface area (Å²) in [4.78, 5) is 0. The van der Waals surface area contributed by atoms with Gasteiger partial charge in [-0.2, -0.15) is 0 Å². The maximum Gasteiger partial charge on any atom is 0.248 e. The van der Waals surface area contributed by atoms with Crippen molar-refractivity contribution in [2.75, 3.05) is 5.73 Å². The van der Waals surface area contributed by atoms with Gasteiger partial charge in [0.1, 0.15) is 0 Å². The van der Waals surface area contributed by atoms with Crippen LogP contribution in [0.15, 0.2) is 52.9 Å². The highest BCUT2D eigenvalue weighted by Crippen LogP contribution is 2.26. The van der Waals surface area contributed by atoms with Crippen LogP contribution in [0.1, 0.15) is 5.56 Å². The van der Waals surface area contributed by atoms with Gasteiger partial charge in [0.05, 0.1) is 0 Å². The molecule has 3 aromatic rings. The molecule has 0 radical (unpaired) electrons. The Morgan fingerprint density at radius 1 is 0.947 bits per heavy atom. The molecule has 0 saturated carbocycles. The molecule has 2 N–H and O–H groups in total. The maximum atomic E-state index is 5.74. The topological polar surface area (TPSA) is 64.9 Å². The van der Waals surface area contributed by atoms with E-state index in [0.29, 0.717) is 11.8 Å². The lowest BCUT2D eigenvalue weighted by atomic mass is 10.1. The fourth-order valence-corrected chi connectivity index (χ4v) is 1.96. The zero-order valence-electron chi connectivity index (χ0n) is 10.5. The minimum atomic E-state index is 0.511. The van der Waals surface area contributed by atoms with E-state index in [9.17, 15) is 0 Å². The number of aromatic nitrogens is 2. The van der Waals surface area contributed by atoms with Crippen LogP contribution < -0.4 is 5.73 Å². The van der Waals surface area contributed by atoms with Gasteiger partial charge >= 0.3 is 0 Å². The van der Waals surface area contributed by atoms with Crippen LogP contribution in [0.5, 0.6) is 0 Å². The molecule has 0 amide bonds. The third-order valence-electron chi connectivity index (χ3n) is 2.93. The summed E-state index contributed by atoms with van der Waals surface area (Å²) >= 11 is 0. The number of anilines is 1. The molecule has 94 valence electrons. The predicted octanol–water partition coefficient (Wildman–Crippen LogP) is 3.29. The van der Waals surface area contributed by atoms with Crippen LogP contribution in [0, 0.1) is 6.92 Å². The van der Waals surface area contributed by atoms with Crippen molar-refractivity contribution in [2.24, 2.45) is 0 Å². The number of hydrogen-bond acceptors (Lipinski definition) is 4. The van der Waals surface area contributed by atoms with Crippen LogP contribution >= 0.6 is 0 Å². The lowest BCUT2D eigenvalue weighted by Gasteiger charge is -2.01. The van der Waals surface area contributed by atoms with Crippen LogP contribution in [0.3, 0.4) is 0 Å². The molecular weight excluding hydrogens is 238 g/mol. The molecular formula is C15H13N3O. The lowest BCUT2D eigenvalue weighted by molar-refractivity contribution is 0.584. The van der Waals surface area contributed by atoms with E-state index in [2.05, 4.69) is 10.2 Å². The van der Waals surface area contributed by atoms with E-state index in [4.69, 9.17) is 10.2 Å². The van der Waals surface area contributed by atoms with Gasteiger partial charge in [0, 0.05) is 16.8 Å². The standard InChI is InChI=1S/C15H13N3O/c1-10-9-12(16)7-8-13(10)15-18-17-14(19-15)11-5-3-2-4-6-11/h2-9H,16H2,1H3. The minimum Gasteiger partial charge on any atom is -0.416 e. The number of nitrogens with zero attached hydrogens (tertiary/aromatic N) is 2. The van der Waals surface area contributed by atoms with Gasteiger partial charge in [0.25, 0.3) is 0 Å². The molecule has 2 aromatic carbocycles. The molecule has 1 heterocycles. The second-order valence-electron chi connectivity index (χ2n) is 4.35. The third-order valence-corrected chi connectivity index (χ3v) is 2.93. The van der Waals surface area contributed by atoms with Crippen LogP contribution in [0.25, 0.3) is 22.9 Å². The summed E-state index contributed by atoms with van der Waals surface area (Å²) in [5.41, 5.74) is 9.30. The predicted molar refractivity (Wildman–Crippen MR) is 74.3 cm³/mol. The zero-order valence-corrected chi connectivity index (χ0v) is 10.5. The van der Waals surface area contributed by atoms with E-state index in [1.165, 1.54) is 0 Å². The summed E-state index contributed by atoms with van der Waals surface area (Å²) < 4.78 is 5.71. The van der Waals surface area contributed by atoms with Gasteiger partial charge in [-0.25, -0.2) is 0 Å². The number of rotatable bonds is 2. The highest BCUT2D eigenvalue weighted by molar-refractivity contribution is 5.63. The number of benzene rings is 2. The van der Waals surface area contributed by atoms with Gasteiger partial charge in [-0.3, -0.25) is 0 Å². The maximum absolute atomic E-state index is 5.74. The average Bonchev–Trinajstić information content (AvgIpc) is 2.89. The van der Waals surface area contributed by atoms with E-state index < -0.39 is 0 Å². The van der Waals surface area contributed by atoms with Crippen LogP contribution in [0.2, 0.25) is 0 Å². The molecule has 0 aliphatic carbocycles. The first-order valence-corrected chi connectivity index (χ1v) is 5.99. The van der Waals surface area contributed by atoms with Crippen molar-refractivity contribution < 1.29 is 4.42 Å². The van der Waals surface area contributed by atoms with Gasteiger partial charge in [0.15, 0.2) is 0 Å². The van der Waals surface area contributed by atoms with Gasteiger partial charge in [-0.1, -0.05) is 18.2 Å². The van der Waals surface area contributed by atoms with Gasteiger partial charge in [-0.15, -0.1) is 10.2 Å². The molecule has 0 spiro atoms. The Morgan fingerprint density at radius 2 is 1.68 bits per heavy atom. The number of nitrogen functional groups attached to an aromatic ring is 1. The van der Waals surface area contributed by atoms with Crippen molar-refractivity contribution in [3.63, 3.8) is 0 Å². The highest BCUT2D eigenvalue weighted by Gasteiger charge is 2.12. The van der Waals surface area contributed by atoms with Crippen molar-refractivity contribution >= 4 is 5.69 Å². The van der Waals surface area contributed by atoms with Crippen LogP contribution in [-0.4, -0.2) is 10.2 Å². The molecule has 0 aliphatic heterocycles. The Balaban J connectivity index is 2.02. The molecule has 1 aromatic heterocycles. The van der Waals surface area contributed by atoms with E-state index >= 15 is 0 Å². The molecule has 0 saturated heterocycles. The smallest absolute Gasteiger partial charge is 0.248 e. The summed E-state index contributed by atoms with van der Waals surface area (Å²) in [5, 5.41) is 8.17. The van der Waals surface area contributed by atoms with Crippen molar-refractivity contribution in [3.05, 3.63) is 54.1 Å². The van der Waals surface area contributed by atoms with Gasteiger partial charge in [0.2, 0.25) is 11.8 Å². The van der Waals surface area contributed by atoms with Crippen molar-refractivity contribution in [1.29, 1.82) is 0 Å². The SMILES string of the molecule is Cc1cc(N)ccc1-c1nnc(-c2ccccc2)o1. The summed E-state index contributed by atoms with van der Waals surface area (Å²) in [6.45, 7) is 1.97. The Bertz CT molecular complexity index is 704. The van der Waals surface area contributed by atoms with Gasteiger partial charge in [-0.05, 0) is 42.8 Å². The fraction of sp³-hybridized carbons (Fsp3) is 0.0667. The van der Waals surface area contributed by atoms with E-state index in [0.717, 1.165) is 22.4 Å². The van der Waals surface area contributed by atoms with Gasteiger partial charge < -0.3 is 10.2 Å². The molecule has 4 heteroatoms. The van der Waals surface area contributed by atoms with Crippen LogP contribution in [0.4, 0.5) is 5.69 Å². The summed E-state index contributed by atoms with van der Waals surface area (Å²) in [5.74, 6) is 1.03. The summed E-state index contributed by atoms with van der Waals surface area (Å²) in [6, 6.07) is 15.3. The van der Waals surface area contributed by atoms with E-state index in [1.807, 2.05) is 55.5 Å². The first kappa shape index (κ1) is 11.5. The zero-order chi connectivity index (χ0) is 13.2. The Hall–Kier alpha value is -2.62. The first-order chi connectivity index (χ1) is 9.24. The molecule has 0 aliphatic rings. The van der Waals surface area contributed by atoms with Crippen molar-refractivity contribution in [1.82, 2.24) is 10.2 Å².